The summed E-state index contributed by atoms with van der Waals surface area (Å²) in [5.41, 5.74) is 2.23. The number of benzene rings is 1. The molecule has 0 aromatic heterocycles. The Balaban J connectivity index is 1.79. The fourth-order valence-corrected chi connectivity index (χ4v) is 3.33. The second-order valence-corrected chi connectivity index (χ2v) is 6.40. The summed E-state index contributed by atoms with van der Waals surface area (Å²) < 4.78 is 16.6. The monoisotopic (exact) mass is 332 g/mol. The van der Waals surface area contributed by atoms with Crippen LogP contribution in [-0.4, -0.2) is 44.2 Å². The van der Waals surface area contributed by atoms with E-state index in [1.165, 1.54) is 7.11 Å². The van der Waals surface area contributed by atoms with Gasteiger partial charge in [0, 0.05) is 31.6 Å². The van der Waals surface area contributed by atoms with E-state index in [1.807, 2.05) is 0 Å². The summed E-state index contributed by atoms with van der Waals surface area (Å²) in [7, 11) is 3.29. The molecule has 4 rings (SSSR count). The Morgan fingerprint density at radius 2 is 2.08 bits per heavy atom. The number of fused-ring (bicyclic) bond motifs is 2. The molecule has 7 heteroatoms. The lowest BCUT2D eigenvalue weighted by Gasteiger charge is -2.29. The van der Waals surface area contributed by atoms with Gasteiger partial charge in [0.15, 0.2) is 11.5 Å². The number of rotatable bonds is 4. The third kappa shape index (κ3) is 2.26. The standard InChI is InChI=1S/C17H20N2O5/c1-19-6-5-10-11(7-18-16(20)9-3-4-9)13-15(24-8-23-13)14(22-2)12(10)17(19)21/h9H,3-8H2,1-2H3,(H,18,20). The Labute approximate surface area is 139 Å². The number of ether oxygens (including phenoxy) is 3. The molecule has 0 saturated heterocycles. The van der Waals surface area contributed by atoms with E-state index < -0.39 is 0 Å². The molecular weight excluding hydrogens is 312 g/mol. The number of carbonyl (C=O) groups is 2. The molecule has 24 heavy (non-hydrogen) atoms. The van der Waals surface area contributed by atoms with Crippen LogP contribution in [0.2, 0.25) is 0 Å². The second kappa shape index (κ2) is 5.58. The van der Waals surface area contributed by atoms with Crippen molar-refractivity contribution >= 4 is 11.8 Å². The predicted molar refractivity (Wildman–Crippen MR) is 84.4 cm³/mol. The number of amides is 2. The molecule has 2 amide bonds. The number of methoxy groups -OCH3 is 1. The van der Waals surface area contributed by atoms with Gasteiger partial charge in [0.1, 0.15) is 0 Å². The average Bonchev–Trinajstić information content (AvgIpc) is 3.32. The first-order chi connectivity index (χ1) is 11.6. The van der Waals surface area contributed by atoms with Crippen LogP contribution in [0.25, 0.3) is 0 Å². The minimum Gasteiger partial charge on any atom is -0.492 e. The van der Waals surface area contributed by atoms with Crippen LogP contribution < -0.4 is 19.5 Å². The maximum Gasteiger partial charge on any atom is 0.257 e. The number of nitrogens with zero attached hydrogens (tertiary/aromatic N) is 1. The van der Waals surface area contributed by atoms with Crippen LogP contribution in [0.1, 0.15) is 34.3 Å². The highest BCUT2D eigenvalue weighted by Gasteiger charge is 2.37. The molecular formula is C17H20N2O5. The van der Waals surface area contributed by atoms with E-state index in [1.54, 1.807) is 11.9 Å². The maximum atomic E-state index is 12.7. The molecule has 1 aromatic rings. The molecule has 0 atom stereocenters. The van der Waals surface area contributed by atoms with E-state index in [0.717, 1.165) is 24.0 Å². The zero-order valence-electron chi connectivity index (χ0n) is 13.8. The van der Waals surface area contributed by atoms with Crippen LogP contribution in [0.3, 0.4) is 0 Å². The molecule has 1 aromatic carbocycles. The van der Waals surface area contributed by atoms with E-state index in [2.05, 4.69) is 5.32 Å². The summed E-state index contributed by atoms with van der Waals surface area (Å²) >= 11 is 0. The van der Waals surface area contributed by atoms with E-state index in [4.69, 9.17) is 14.2 Å². The van der Waals surface area contributed by atoms with E-state index in [-0.39, 0.29) is 24.5 Å². The Morgan fingerprint density at radius 3 is 2.79 bits per heavy atom. The van der Waals surface area contributed by atoms with Gasteiger partial charge in [0.25, 0.3) is 5.91 Å². The van der Waals surface area contributed by atoms with Crippen LogP contribution in [0, 0.1) is 5.92 Å². The molecule has 2 heterocycles. The SMILES string of the molecule is COc1c2c(c(CNC(=O)C3CC3)c3c1C(=O)N(C)CC3)OCO2. The van der Waals surface area contributed by atoms with Crippen molar-refractivity contribution < 1.29 is 23.8 Å². The van der Waals surface area contributed by atoms with Gasteiger partial charge in [-0.1, -0.05) is 0 Å². The lowest BCUT2D eigenvalue weighted by Crippen LogP contribution is -2.36. The largest absolute Gasteiger partial charge is 0.492 e. The fourth-order valence-electron chi connectivity index (χ4n) is 3.33. The fraction of sp³-hybridized carbons (Fsp3) is 0.529. The van der Waals surface area contributed by atoms with Gasteiger partial charge in [-0.2, -0.15) is 0 Å². The first kappa shape index (κ1) is 15.1. The summed E-state index contributed by atoms with van der Waals surface area (Å²) in [6, 6.07) is 0. The van der Waals surface area contributed by atoms with Crippen molar-refractivity contribution in [2.24, 2.45) is 5.92 Å². The second-order valence-electron chi connectivity index (χ2n) is 6.40. The molecule has 0 radical (unpaired) electrons. The minimum absolute atomic E-state index is 0.0616. The predicted octanol–water partition coefficient (Wildman–Crippen LogP) is 1.08. The van der Waals surface area contributed by atoms with Gasteiger partial charge >= 0.3 is 0 Å². The lowest BCUT2D eigenvalue weighted by atomic mass is 9.91. The van der Waals surface area contributed by atoms with Crippen LogP contribution in [-0.2, 0) is 17.8 Å². The van der Waals surface area contributed by atoms with Crippen molar-refractivity contribution in [1.82, 2.24) is 10.2 Å². The highest BCUT2D eigenvalue weighted by atomic mass is 16.7. The van der Waals surface area contributed by atoms with Crippen molar-refractivity contribution in [3.63, 3.8) is 0 Å². The number of carbonyl (C=O) groups excluding carboxylic acids is 2. The molecule has 0 spiro atoms. The Kier molecular flexibility index (Phi) is 3.51. The molecule has 1 aliphatic carbocycles. The lowest BCUT2D eigenvalue weighted by molar-refractivity contribution is -0.122. The first-order valence-corrected chi connectivity index (χ1v) is 8.16. The first-order valence-electron chi connectivity index (χ1n) is 8.16. The third-order valence-corrected chi connectivity index (χ3v) is 4.84. The third-order valence-electron chi connectivity index (χ3n) is 4.84. The smallest absolute Gasteiger partial charge is 0.257 e. The van der Waals surface area contributed by atoms with E-state index in [9.17, 15) is 9.59 Å². The quantitative estimate of drug-likeness (QED) is 0.893. The maximum absolute atomic E-state index is 12.7. The number of hydrogen-bond donors (Lipinski definition) is 1. The van der Waals surface area contributed by atoms with Crippen molar-refractivity contribution in [3.8, 4) is 17.2 Å². The Morgan fingerprint density at radius 1 is 1.33 bits per heavy atom. The minimum atomic E-state index is -0.0961. The Bertz CT molecular complexity index is 726. The number of hydrogen-bond acceptors (Lipinski definition) is 5. The summed E-state index contributed by atoms with van der Waals surface area (Å²) in [6.07, 6.45) is 2.60. The summed E-state index contributed by atoms with van der Waals surface area (Å²) in [6.45, 7) is 1.05. The van der Waals surface area contributed by atoms with Crippen LogP contribution in [0.15, 0.2) is 0 Å². The van der Waals surface area contributed by atoms with Gasteiger partial charge in [-0.05, 0) is 24.8 Å². The number of nitrogens with one attached hydrogen (secondary N) is 1. The van der Waals surface area contributed by atoms with Crippen molar-refractivity contribution in [2.45, 2.75) is 25.8 Å². The zero-order valence-corrected chi connectivity index (χ0v) is 13.8. The molecule has 7 nitrogen and oxygen atoms in total. The van der Waals surface area contributed by atoms with Gasteiger partial charge in [-0.25, -0.2) is 0 Å². The van der Waals surface area contributed by atoms with Gasteiger partial charge in [0.05, 0.1) is 12.7 Å². The molecule has 0 unspecified atom stereocenters. The van der Waals surface area contributed by atoms with E-state index in [0.29, 0.717) is 42.3 Å². The number of likely N-dealkylation sites (N-methyl/N-ethyl adjacent to an activating group) is 1. The van der Waals surface area contributed by atoms with Gasteiger partial charge in [-0.15, -0.1) is 0 Å². The molecule has 1 N–H and O–H groups in total. The normalized spacial score (nSPS) is 18.4. The molecule has 3 aliphatic rings. The zero-order chi connectivity index (χ0) is 16.8. The van der Waals surface area contributed by atoms with Gasteiger partial charge in [0.2, 0.25) is 18.4 Å². The van der Waals surface area contributed by atoms with Crippen molar-refractivity contribution in [1.29, 1.82) is 0 Å². The highest BCUT2D eigenvalue weighted by molar-refractivity contribution is 6.01. The highest BCUT2D eigenvalue weighted by Crippen LogP contribution is 2.49. The molecule has 1 fully saturated rings. The molecule has 2 aliphatic heterocycles. The van der Waals surface area contributed by atoms with Gasteiger partial charge < -0.3 is 24.4 Å². The van der Waals surface area contributed by atoms with Crippen LogP contribution >= 0.6 is 0 Å². The molecule has 128 valence electrons. The van der Waals surface area contributed by atoms with Crippen LogP contribution in [0.5, 0.6) is 17.2 Å². The summed E-state index contributed by atoms with van der Waals surface area (Å²) in [4.78, 5) is 26.3. The summed E-state index contributed by atoms with van der Waals surface area (Å²) in [5, 5.41) is 2.96. The average molecular weight is 332 g/mol. The van der Waals surface area contributed by atoms with E-state index >= 15 is 0 Å². The van der Waals surface area contributed by atoms with Crippen molar-refractivity contribution in [2.75, 3.05) is 27.5 Å². The summed E-state index contributed by atoms with van der Waals surface area (Å²) in [5.74, 6) is 1.56. The molecule has 0 bridgehead atoms. The van der Waals surface area contributed by atoms with Crippen LogP contribution in [0.4, 0.5) is 0 Å². The van der Waals surface area contributed by atoms with Crippen molar-refractivity contribution in [3.05, 3.63) is 16.7 Å². The molecule has 1 saturated carbocycles. The van der Waals surface area contributed by atoms with Gasteiger partial charge in [-0.3, -0.25) is 9.59 Å². The Hall–Kier alpha value is -2.44. The topological polar surface area (TPSA) is 77.1 Å².